The number of carbonyl (C=O) groups excluding carboxylic acids is 1. The first kappa shape index (κ1) is 17.9. The fraction of sp³-hybridized carbons (Fsp3) is 0.182. The van der Waals surface area contributed by atoms with Crippen molar-refractivity contribution in [3.63, 3.8) is 0 Å². The van der Waals surface area contributed by atoms with Crippen LogP contribution in [0.2, 0.25) is 0 Å². The number of pyridine rings is 1. The van der Waals surface area contributed by atoms with Crippen LogP contribution in [0.5, 0.6) is 0 Å². The lowest BCUT2D eigenvalue weighted by Gasteiger charge is -2.08. The first-order valence-electron chi connectivity index (χ1n) is 9.12. The van der Waals surface area contributed by atoms with Gasteiger partial charge in [0.05, 0.1) is 11.1 Å². The number of amides is 1. The van der Waals surface area contributed by atoms with E-state index in [-0.39, 0.29) is 5.91 Å². The first-order chi connectivity index (χ1) is 13.5. The number of carbonyl (C=O) groups is 1. The Kier molecular flexibility index (Phi) is 4.61. The molecule has 0 fully saturated rings. The molecule has 1 aromatic carbocycles. The number of hydrogen-bond acceptors (Lipinski definition) is 4. The Morgan fingerprint density at radius 3 is 2.61 bits per heavy atom. The molecule has 0 saturated heterocycles. The minimum atomic E-state index is -0.201. The number of hydrogen-bond donors (Lipinski definition) is 2. The zero-order valence-electron chi connectivity index (χ0n) is 16.1. The molecular weight excluding hydrogens is 350 g/mol. The van der Waals surface area contributed by atoms with Crippen LogP contribution in [0.3, 0.4) is 0 Å². The predicted molar refractivity (Wildman–Crippen MR) is 109 cm³/mol. The van der Waals surface area contributed by atoms with Crippen LogP contribution in [0.1, 0.15) is 32.7 Å². The Morgan fingerprint density at radius 1 is 1.11 bits per heavy atom. The molecule has 0 unspecified atom stereocenters. The van der Waals surface area contributed by atoms with E-state index in [0.29, 0.717) is 17.9 Å². The van der Waals surface area contributed by atoms with Crippen LogP contribution in [0, 0.1) is 20.8 Å². The molecular formula is C22H21N5O. The maximum absolute atomic E-state index is 12.5. The number of aryl methyl sites for hydroxylation is 3. The van der Waals surface area contributed by atoms with Gasteiger partial charge in [-0.3, -0.25) is 9.78 Å². The third kappa shape index (κ3) is 3.36. The van der Waals surface area contributed by atoms with Crippen molar-refractivity contribution in [1.29, 1.82) is 0 Å². The summed E-state index contributed by atoms with van der Waals surface area (Å²) in [5.41, 5.74) is 6.93. The summed E-state index contributed by atoms with van der Waals surface area (Å²) in [6.45, 7) is 6.67. The molecule has 3 aromatic heterocycles. The van der Waals surface area contributed by atoms with Crippen LogP contribution in [-0.2, 0) is 6.54 Å². The molecule has 28 heavy (non-hydrogen) atoms. The standard InChI is InChI=1S/C22H21N5O/c1-13-7-17(20-19(8-13)14(2)15(3)27-20)10-26-22(28)18-11-24-21(25-12-18)16-5-4-6-23-9-16/h4-9,11-12,27H,10H2,1-3H3,(H,26,28). The van der Waals surface area contributed by atoms with Gasteiger partial charge < -0.3 is 10.3 Å². The quantitative estimate of drug-likeness (QED) is 0.570. The Balaban J connectivity index is 1.52. The molecule has 0 spiro atoms. The Labute approximate surface area is 163 Å². The number of aromatic nitrogens is 4. The van der Waals surface area contributed by atoms with Crippen LogP contribution in [0.25, 0.3) is 22.3 Å². The van der Waals surface area contributed by atoms with Crippen LogP contribution < -0.4 is 5.32 Å². The van der Waals surface area contributed by atoms with Crippen molar-refractivity contribution in [2.75, 3.05) is 0 Å². The molecule has 4 aromatic rings. The summed E-state index contributed by atoms with van der Waals surface area (Å²) >= 11 is 0. The van der Waals surface area contributed by atoms with Crippen molar-refractivity contribution in [2.45, 2.75) is 27.3 Å². The van der Waals surface area contributed by atoms with Gasteiger partial charge in [-0.2, -0.15) is 0 Å². The summed E-state index contributed by atoms with van der Waals surface area (Å²) in [5, 5.41) is 4.17. The molecule has 0 aliphatic rings. The fourth-order valence-corrected chi connectivity index (χ4v) is 3.29. The number of benzene rings is 1. The monoisotopic (exact) mass is 371 g/mol. The lowest BCUT2D eigenvalue weighted by Crippen LogP contribution is -2.23. The number of rotatable bonds is 4. The molecule has 4 rings (SSSR count). The third-order valence-electron chi connectivity index (χ3n) is 4.92. The molecule has 3 heterocycles. The zero-order chi connectivity index (χ0) is 19.7. The van der Waals surface area contributed by atoms with Crippen LogP contribution in [-0.4, -0.2) is 25.8 Å². The number of fused-ring (bicyclic) bond motifs is 1. The van der Waals surface area contributed by atoms with E-state index in [1.807, 2.05) is 12.1 Å². The topological polar surface area (TPSA) is 83.6 Å². The van der Waals surface area contributed by atoms with E-state index in [1.54, 1.807) is 24.8 Å². The van der Waals surface area contributed by atoms with E-state index < -0.39 is 0 Å². The summed E-state index contributed by atoms with van der Waals surface area (Å²) in [4.78, 5) is 28.6. The Morgan fingerprint density at radius 2 is 1.89 bits per heavy atom. The van der Waals surface area contributed by atoms with Gasteiger partial charge in [-0.15, -0.1) is 0 Å². The maximum Gasteiger partial charge on any atom is 0.254 e. The second-order valence-electron chi connectivity index (χ2n) is 6.94. The Hall–Kier alpha value is -3.54. The molecule has 1 amide bonds. The third-order valence-corrected chi connectivity index (χ3v) is 4.92. The van der Waals surface area contributed by atoms with Crippen molar-refractivity contribution in [2.24, 2.45) is 0 Å². The van der Waals surface area contributed by atoms with E-state index >= 15 is 0 Å². The number of aromatic amines is 1. The summed E-state index contributed by atoms with van der Waals surface area (Å²) in [6.07, 6.45) is 6.47. The molecule has 6 nitrogen and oxygen atoms in total. The molecule has 0 atom stereocenters. The van der Waals surface area contributed by atoms with Gasteiger partial charge in [0, 0.05) is 48.0 Å². The molecule has 0 radical (unpaired) electrons. The summed E-state index contributed by atoms with van der Waals surface area (Å²) < 4.78 is 0. The number of nitrogens with one attached hydrogen (secondary N) is 2. The number of nitrogens with zero attached hydrogens (tertiary/aromatic N) is 3. The average molecular weight is 371 g/mol. The normalized spacial score (nSPS) is 11.0. The van der Waals surface area contributed by atoms with Crippen LogP contribution in [0.15, 0.2) is 49.1 Å². The zero-order valence-corrected chi connectivity index (χ0v) is 16.1. The van der Waals surface area contributed by atoms with Gasteiger partial charge in [0.25, 0.3) is 5.91 Å². The SMILES string of the molecule is Cc1cc(CNC(=O)c2cnc(-c3cccnc3)nc2)c2[nH]c(C)c(C)c2c1. The van der Waals surface area contributed by atoms with E-state index in [9.17, 15) is 4.79 Å². The van der Waals surface area contributed by atoms with Gasteiger partial charge in [0.1, 0.15) is 0 Å². The molecule has 0 saturated carbocycles. The molecule has 6 heteroatoms. The van der Waals surface area contributed by atoms with E-state index in [4.69, 9.17) is 0 Å². The molecule has 2 N–H and O–H groups in total. The van der Waals surface area contributed by atoms with Crippen molar-refractivity contribution < 1.29 is 4.79 Å². The van der Waals surface area contributed by atoms with Crippen molar-refractivity contribution in [3.8, 4) is 11.4 Å². The van der Waals surface area contributed by atoms with E-state index in [1.165, 1.54) is 16.5 Å². The fourth-order valence-electron chi connectivity index (χ4n) is 3.29. The molecule has 0 bridgehead atoms. The lowest BCUT2D eigenvalue weighted by molar-refractivity contribution is 0.0950. The van der Waals surface area contributed by atoms with Gasteiger partial charge in [0.15, 0.2) is 5.82 Å². The highest BCUT2D eigenvalue weighted by Gasteiger charge is 2.12. The summed E-state index contributed by atoms with van der Waals surface area (Å²) in [6, 6.07) is 7.97. The highest BCUT2D eigenvalue weighted by atomic mass is 16.1. The largest absolute Gasteiger partial charge is 0.358 e. The van der Waals surface area contributed by atoms with E-state index in [0.717, 1.165) is 22.3 Å². The lowest BCUT2D eigenvalue weighted by atomic mass is 10.0. The number of H-pyrrole nitrogens is 1. The Bertz CT molecular complexity index is 1150. The van der Waals surface area contributed by atoms with Gasteiger partial charge >= 0.3 is 0 Å². The summed E-state index contributed by atoms with van der Waals surface area (Å²) in [7, 11) is 0. The van der Waals surface area contributed by atoms with Crippen LogP contribution >= 0.6 is 0 Å². The second-order valence-corrected chi connectivity index (χ2v) is 6.94. The van der Waals surface area contributed by atoms with Gasteiger partial charge in [0.2, 0.25) is 0 Å². The summed E-state index contributed by atoms with van der Waals surface area (Å²) in [5.74, 6) is 0.342. The molecule has 140 valence electrons. The minimum Gasteiger partial charge on any atom is -0.358 e. The highest BCUT2D eigenvalue weighted by Crippen LogP contribution is 2.26. The van der Waals surface area contributed by atoms with Gasteiger partial charge in [-0.1, -0.05) is 11.6 Å². The van der Waals surface area contributed by atoms with E-state index in [2.05, 4.69) is 58.2 Å². The predicted octanol–water partition coefficient (Wildman–Crippen LogP) is 3.88. The molecule has 0 aliphatic heterocycles. The van der Waals surface area contributed by atoms with Crippen molar-refractivity contribution in [3.05, 3.63) is 77.0 Å². The van der Waals surface area contributed by atoms with Gasteiger partial charge in [-0.05, 0) is 50.1 Å². The van der Waals surface area contributed by atoms with Crippen molar-refractivity contribution >= 4 is 16.8 Å². The molecule has 0 aliphatic carbocycles. The highest BCUT2D eigenvalue weighted by molar-refractivity contribution is 5.94. The first-order valence-corrected chi connectivity index (χ1v) is 9.12. The second kappa shape index (κ2) is 7.23. The maximum atomic E-state index is 12.5. The van der Waals surface area contributed by atoms with Crippen molar-refractivity contribution in [1.82, 2.24) is 25.3 Å². The van der Waals surface area contributed by atoms with Gasteiger partial charge in [-0.25, -0.2) is 9.97 Å². The van der Waals surface area contributed by atoms with Crippen LogP contribution in [0.4, 0.5) is 0 Å². The average Bonchev–Trinajstić information content (AvgIpc) is 3.01. The minimum absolute atomic E-state index is 0.201. The smallest absolute Gasteiger partial charge is 0.254 e.